The number of aromatic nitrogens is 2. The number of hydrogen-bond acceptors (Lipinski definition) is 5. The van der Waals surface area contributed by atoms with Crippen LogP contribution in [0.15, 0.2) is 12.1 Å². The lowest BCUT2D eigenvalue weighted by Gasteiger charge is -2.33. The van der Waals surface area contributed by atoms with Crippen molar-refractivity contribution in [3.63, 3.8) is 0 Å². The van der Waals surface area contributed by atoms with Gasteiger partial charge in [-0.3, -0.25) is 4.79 Å². The Balaban J connectivity index is 1.92. The number of carbonyl (C=O) groups is 1. The average Bonchev–Trinajstić information content (AvgIpc) is 2.39. The monoisotopic (exact) mass is 263 g/mol. The zero-order valence-electron chi connectivity index (χ0n) is 11.5. The first kappa shape index (κ1) is 13.7. The lowest BCUT2D eigenvalue weighted by Crippen LogP contribution is -2.45. The summed E-state index contributed by atoms with van der Waals surface area (Å²) in [5.74, 6) is 0.270. The summed E-state index contributed by atoms with van der Waals surface area (Å²) >= 11 is 0. The number of piperidine rings is 1. The quantitative estimate of drug-likeness (QED) is 0.828. The summed E-state index contributed by atoms with van der Waals surface area (Å²) in [6.45, 7) is 6.24. The first-order chi connectivity index (χ1) is 9.06. The number of amides is 1. The fourth-order valence-electron chi connectivity index (χ4n) is 2.37. The van der Waals surface area contributed by atoms with Gasteiger partial charge in [0.2, 0.25) is 0 Å². The Morgan fingerprint density at radius 1 is 1.37 bits per heavy atom. The van der Waals surface area contributed by atoms with Crippen LogP contribution in [0.25, 0.3) is 0 Å². The highest BCUT2D eigenvalue weighted by atomic mass is 16.1. The third kappa shape index (κ3) is 3.64. The van der Waals surface area contributed by atoms with E-state index in [-0.39, 0.29) is 5.69 Å². The van der Waals surface area contributed by atoms with E-state index in [1.807, 2.05) is 6.07 Å². The van der Waals surface area contributed by atoms with Crippen molar-refractivity contribution in [1.82, 2.24) is 15.5 Å². The number of nitrogens with one attached hydrogen (secondary N) is 1. The number of nitrogens with zero attached hydrogens (tertiary/aromatic N) is 3. The van der Waals surface area contributed by atoms with E-state index in [4.69, 9.17) is 5.73 Å². The molecule has 1 saturated heterocycles. The van der Waals surface area contributed by atoms with Crippen molar-refractivity contribution >= 4 is 11.7 Å². The van der Waals surface area contributed by atoms with Gasteiger partial charge in [0.05, 0.1) is 0 Å². The molecule has 1 aliphatic rings. The zero-order chi connectivity index (χ0) is 13.8. The van der Waals surface area contributed by atoms with Gasteiger partial charge in [0.15, 0.2) is 11.5 Å². The molecule has 6 heteroatoms. The van der Waals surface area contributed by atoms with Gasteiger partial charge in [-0.25, -0.2) is 0 Å². The van der Waals surface area contributed by atoms with Gasteiger partial charge in [0.1, 0.15) is 0 Å². The smallest absolute Gasteiger partial charge is 0.269 e. The first-order valence-electron chi connectivity index (χ1n) is 6.71. The van der Waals surface area contributed by atoms with Crippen molar-refractivity contribution in [2.75, 3.05) is 18.0 Å². The Kier molecular flexibility index (Phi) is 4.31. The van der Waals surface area contributed by atoms with Crippen molar-refractivity contribution in [1.29, 1.82) is 0 Å². The molecule has 19 heavy (non-hydrogen) atoms. The molecule has 104 valence electrons. The molecule has 0 aliphatic carbocycles. The molecule has 2 heterocycles. The van der Waals surface area contributed by atoms with Gasteiger partial charge in [0, 0.05) is 25.2 Å². The van der Waals surface area contributed by atoms with Crippen LogP contribution < -0.4 is 16.0 Å². The maximum atomic E-state index is 10.9. The number of carbonyl (C=O) groups excluding carboxylic acids is 1. The largest absolute Gasteiger partial charge is 0.364 e. The summed E-state index contributed by atoms with van der Waals surface area (Å²) < 4.78 is 0. The summed E-state index contributed by atoms with van der Waals surface area (Å²) in [5.41, 5.74) is 5.35. The van der Waals surface area contributed by atoms with Gasteiger partial charge >= 0.3 is 0 Å². The molecule has 6 nitrogen and oxygen atoms in total. The van der Waals surface area contributed by atoms with Crippen LogP contribution >= 0.6 is 0 Å². The van der Waals surface area contributed by atoms with E-state index in [0.717, 1.165) is 31.7 Å². The molecule has 3 N–H and O–H groups in total. The predicted molar refractivity (Wildman–Crippen MR) is 74.1 cm³/mol. The van der Waals surface area contributed by atoms with Gasteiger partial charge in [0.25, 0.3) is 5.91 Å². The van der Waals surface area contributed by atoms with Crippen LogP contribution in [0.4, 0.5) is 5.82 Å². The Labute approximate surface area is 113 Å². The summed E-state index contributed by atoms with van der Waals surface area (Å²) in [6, 6.07) is 4.53. The summed E-state index contributed by atoms with van der Waals surface area (Å²) in [4.78, 5) is 13.1. The normalized spacial score (nSPS) is 16.9. The van der Waals surface area contributed by atoms with Crippen molar-refractivity contribution in [2.45, 2.75) is 38.8 Å². The number of primary amides is 1. The third-order valence-corrected chi connectivity index (χ3v) is 3.29. The van der Waals surface area contributed by atoms with Crippen LogP contribution in [0, 0.1) is 0 Å². The number of anilines is 1. The number of nitrogens with two attached hydrogens (primary N) is 1. The van der Waals surface area contributed by atoms with Gasteiger partial charge in [-0.15, -0.1) is 10.2 Å². The first-order valence-corrected chi connectivity index (χ1v) is 6.71. The predicted octanol–water partition coefficient (Wildman–Crippen LogP) is 0.542. The van der Waals surface area contributed by atoms with Crippen LogP contribution in [0.3, 0.4) is 0 Å². The second-order valence-corrected chi connectivity index (χ2v) is 5.22. The van der Waals surface area contributed by atoms with E-state index in [1.165, 1.54) is 0 Å². The standard InChI is InChI=1S/C13H21N5O/c1-9(2)15-10-5-7-18(8-6-10)12-4-3-11(13(14)19)16-17-12/h3-4,9-10,15H,5-8H2,1-2H3,(H2,14,19). The molecule has 1 fully saturated rings. The Morgan fingerprint density at radius 3 is 2.53 bits per heavy atom. The zero-order valence-corrected chi connectivity index (χ0v) is 11.5. The van der Waals surface area contributed by atoms with Crippen molar-refractivity contribution in [3.05, 3.63) is 17.8 Å². The summed E-state index contributed by atoms with van der Waals surface area (Å²) in [7, 11) is 0. The van der Waals surface area contributed by atoms with Crippen molar-refractivity contribution in [2.24, 2.45) is 5.73 Å². The van der Waals surface area contributed by atoms with Crippen LogP contribution in [0.1, 0.15) is 37.2 Å². The lowest BCUT2D eigenvalue weighted by molar-refractivity contribution is 0.0994. The second kappa shape index (κ2) is 5.97. The minimum atomic E-state index is -0.543. The Morgan fingerprint density at radius 2 is 2.05 bits per heavy atom. The maximum Gasteiger partial charge on any atom is 0.269 e. The van der Waals surface area contributed by atoms with E-state index < -0.39 is 5.91 Å². The van der Waals surface area contributed by atoms with E-state index in [0.29, 0.717) is 12.1 Å². The van der Waals surface area contributed by atoms with E-state index in [9.17, 15) is 4.79 Å². The Bertz CT molecular complexity index is 423. The van der Waals surface area contributed by atoms with Crippen LogP contribution in [-0.4, -0.2) is 41.3 Å². The lowest BCUT2D eigenvalue weighted by atomic mass is 10.0. The molecule has 1 aromatic rings. The van der Waals surface area contributed by atoms with Crippen LogP contribution in [-0.2, 0) is 0 Å². The molecule has 0 unspecified atom stereocenters. The Hall–Kier alpha value is -1.69. The second-order valence-electron chi connectivity index (χ2n) is 5.22. The van der Waals surface area contributed by atoms with E-state index in [1.54, 1.807) is 6.07 Å². The molecule has 0 spiro atoms. The summed E-state index contributed by atoms with van der Waals surface area (Å²) in [6.07, 6.45) is 2.19. The molecule has 0 atom stereocenters. The molecular weight excluding hydrogens is 242 g/mol. The van der Waals surface area contributed by atoms with Gasteiger partial charge in [-0.2, -0.15) is 0 Å². The van der Waals surface area contributed by atoms with Gasteiger partial charge in [-0.05, 0) is 25.0 Å². The molecule has 0 bridgehead atoms. The fraction of sp³-hybridized carbons (Fsp3) is 0.615. The maximum absolute atomic E-state index is 10.9. The fourth-order valence-corrected chi connectivity index (χ4v) is 2.37. The van der Waals surface area contributed by atoms with Crippen molar-refractivity contribution in [3.8, 4) is 0 Å². The minimum absolute atomic E-state index is 0.208. The average molecular weight is 263 g/mol. The number of rotatable bonds is 4. The highest BCUT2D eigenvalue weighted by molar-refractivity contribution is 5.90. The van der Waals surface area contributed by atoms with Crippen LogP contribution in [0.2, 0.25) is 0 Å². The van der Waals surface area contributed by atoms with Crippen LogP contribution in [0.5, 0.6) is 0 Å². The topological polar surface area (TPSA) is 84.1 Å². The van der Waals surface area contributed by atoms with E-state index in [2.05, 4.69) is 34.3 Å². The molecule has 0 radical (unpaired) electrons. The molecule has 0 aromatic carbocycles. The highest BCUT2D eigenvalue weighted by Crippen LogP contribution is 2.17. The molecular formula is C13H21N5O. The third-order valence-electron chi connectivity index (χ3n) is 3.29. The van der Waals surface area contributed by atoms with Gasteiger partial charge in [-0.1, -0.05) is 13.8 Å². The van der Waals surface area contributed by atoms with Crippen molar-refractivity contribution < 1.29 is 4.79 Å². The van der Waals surface area contributed by atoms with Gasteiger partial charge < -0.3 is 16.0 Å². The molecule has 2 rings (SSSR count). The highest BCUT2D eigenvalue weighted by Gasteiger charge is 2.20. The minimum Gasteiger partial charge on any atom is -0.364 e. The molecule has 1 aromatic heterocycles. The van der Waals surface area contributed by atoms with E-state index >= 15 is 0 Å². The molecule has 0 saturated carbocycles. The SMILES string of the molecule is CC(C)NC1CCN(c2ccc(C(N)=O)nn2)CC1. The molecule has 1 amide bonds. The molecule has 1 aliphatic heterocycles. The summed E-state index contributed by atoms with van der Waals surface area (Å²) in [5, 5.41) is 11.5. The number of hydrogen-bond donors (Lipinski definition) is 2.